The third kappa shape index (κ3) is 30.9. The molecule has 0 aliphatic carbocycles. The Kier molecular flexibility index (Phi) is 31.5. The molecule has 0 aromatic carbocycles. The largest absolute Gasteiger partial charge is 0.462 e. The molecule has 0 aromatic rings. The molecule has 1 saturated heterocycles. The second-order valence-corrected chi connectivity index (χ2v) is 14.9. The van der Waals surface area contributed by atoms with Crippen molar-refractivity contribution < 1.29 is 28.9 Å². The van der Waals surface area contributed by atoms with E-state index in [2.05, 4.69) is 57.2 Å². The Morgan fingerprint density at radius 1 is 0.640 bits per heavy atom. The van der Waals surface area contributed by atoms with Gasteiger partial charge in [0.2, 0.25) is 0 Å². The van der Waals surface area contributed by atoms with Gasteiger partial charge < -0.3 is 19.3 Å². The number of esters is 2. The van der Waals surface area contributed by atoms with Crippen LogP contribution in [-0.4, -0.2) is 48.6 Å². The summed E-state index contributed by atoms with van der Waals surface area (Å²) in [5.41, 5.74) is 0. The van der Waals surface area contributed by atoms with Gasteiger partial charge in [0, 0.05) is 12.8 Å². The van der Waals surface area contributed by atoms with E-state index in [0.29, 0.717) is 31.5 Å². The summed E-state index contributed by atoms with van der Waals surface area (Å²) < 4.78 is 16.3. The van der Waals surface area contributed by atoms with Crippen LogP contribution in [0, 0.1) is 5.92 Å². The quantitative estimate of drug-likeness (QED) is 0.0303. The smallest absolute Gasteiger partial charge is 0.306 e. The lowest BCUT2D eigenvalue weighted by Crippen LogP contribution is -2.28. The van der Waals surface area contributed by atoms with Gasteiger partial charge in [0.25, 0.3) is 0 Å². The Labute approximate surface area is 308 Å². The normalized spacial score (nSPS) is 16.7. The average Bonchev–Trinajstić information content (AvgIpc) is 3.86. The first-order valence-corrected chi connectivity index (χ1v) is 21.0. The van der Waals surface area contributed by atoms with Gasteiger partial charge in [0.15, 0.2) is 6.10 Å². The van der Waals surface area contributed by atoms with Crippen molar-refractivity contribution in [3.05, 3.63) is 36.5 Å². The maximum absolute atomic E-state index is 12.2. The van der Waals surface area contributed by atoms with Crippen molar-refractivity contribution in [2.75, 3.05) is 13.2 Å². The molecule has 1 aliphatic rings. The van der Waals surface area contributed by atoms with E-state index in [1.807, 2.05) is 0 Å². The number of hydrogen-bond acceptors (Lipinski definition) is 6. The summed E-state index contributed by atoms with van der Waals surface area (Å²) in [6.07, 6.45) is 43.9. The van der Waals surface area contributed by atoms with E-state index in [-0.39, 0.29) is 25.2 Å². The fourth-order valence-corrected chi connectivity index (χ4v) is 6.24. The molecule has 0 aromatic heterocycles. The molecule has 290 valence electrons. The van der Waals surface area contributed by atoms with Gasteiger partial charge >= 0.3 is 11.9 Å². The van der Waals surface area contributed by atoms with Crippen molar-refractivity contribution in [3.8, 4) is 0 Å². The van der Waals surface area contributed by atoms with Crippen LogP contribution < -0.4 is 0 Å². The molecule has 6 heteroatoms. The van der Waals surface area contributed by atoms with E-state index >= 15 is 0 Å². The van der Waals surface area contributed by atoms with Crippen LogP contribution in [0.1, 0.15) is 194 Å². The van der Waals surface area contributed by atoms with Gasteiger partial charge in [0.05, 0.1) is 18.8 Å². The Bertz CT molecular complexity index is 878. The zero-order chi connectivity index (χ0) is 36.3. The zero-order valence-electron chi connectivity index (χ0n) is 32.8. The molecule has 1 rings (SSSR count). The topological polar surface area (TPSA) is 85.4 Å². The molecule has 0 saturated carbocycles. The number of carbonyl (C=O) groups excluding carboxylic acids is 2. The average molecular weight is 703 g/mol. The van der Waals surface area contributed by atoms with E-state index in [9.17, 15) is 14.7 Å². The number of aliphatic hydroxyl groups is 1. The number of allylic oxidation sites excluding steroid dienone is 5. The molecule has 0 bridgehead atoms. The molecule has 1 N–H and O–H groups in total. The summed E-state index contributed by atoms with van der Waals surface area (Å²) >= 11 is 0. The molecule has 1 heterocycles. The van der Waals surface area contributed by atoms with Crippen molar-refractivity contribution in [3.63, 3.8) is 0 Å². The fraction of sp³-hybridized carbons (Fsp3) is 0.818. The number of ether oxygens (including phenoxy) is 3. The molecule has 0 radical (unpaired) electrons. The first-order chi connectivity index (χ1) is 24.5. The van der Waals surface area contributed by atoms with Gasteiger partial charge in [-0.05, 0) is 50.9 Å². The second kappa shape index (κ2) is 34.2. The predicted octanol–water partition coefficient (Wildman–Crippen LogP) is 12.1. The monoisotopic (exact) mass is 703 g/mol. The molecule has 6 nitrogen and oxygen atoms in total. The molecule has 0 spiro atoms. The van der Waals surface area contributed by atoms with E-state index in [1.54, 1.807) is 0 Å². The van der Waals surface area contributed by atoms with Crippen LogP contribution in [0.4, 0.5) is 0 Å². The van der Waals surface area contributed by atoms with Crippen LogP contribution in [0.15, 0.2) is 36.5 Å². The summed E-state index contributed by atoms with van der Waals surface area (Å²) in [7, 11) is 0. The van der Waals surface area contributed by atoms with Gasteiger partial charge in [-0.3, -0.25) is 9.59 Å². The number of hydrogen-bond donors (Lipinski definition) is 1. The van der Waals surface area contributed by atoms with E-state index < -0.39 is 6.10 Å². The third-order valence-electron chi connectivity index (χ3n) is 9.54. The lowest BCUT2D eigenvalue weighted by molar-refractivity contribution is -0.161. The van der Waals surface area contributed by atoms with Crippen molar-refractivity contribution in [2.45, 2.75) is 212 Å². The molecule has 50 heavy (non-hydrogen) atoms. The van der Waals surface area contributed by atoms with Gasteiger partial charge in [-0.2, -0.15) is 0 Å². The lowest BCUT2D eigenvalue weighted by atomic mass is 10.0. The maximum Gasteiger partial charge on any atom is 0.306 e. The zero-order valence-corrected chi connectivity index (χ0v) is 32.8. The molecule has 1 fully saturated rings. The predicted molar refractivity (Wildman–Crippen MR) is 209 cm³/mol. The van der Waals surface area contributed by atoms with Gasteiger partial charge in [-0.1, -0.05) is 173 Å². The van der Waals surface area contributed by atoms with E-state index in [1.165, 1.54) is 109 Å². The third-order valence-corrected chi connectivity index (χ3v) is 9.54. The van der Waals surface area contributed by atoms with Crippen molar-refractivity contribution in [1.82, 2.24) is 0 Å². The van der Waals surface area contributed by atoms with Crippen molar-refractivity contribution >= 4 is 11.9 Å². The van der Waals surface area contributed by atoms with E-state index in [4.69, 9.17) is 14.2 Å². The summed E-state index contributed by atoms with van der Waals surface area (Å²) in [5, 5.41) is 9.57. The highest BCUT2D eigenvalue weighted by Gasteiger charge is 2.36. The van der Waals surface area contributed by atoms with Crippen LogP contribution in [-0.2, 0) is 23.8 Å². The molecule has 2 unspecified atom stereocenters. The van der Waals surface area contributed by atoms with Gasteiger partial charge in [-0.25, -0.2) is 0 Å². The number of epoxide rings is 1. The SMILES string of the molecule is CCCCCC1OC1C/C=C\C/C=C\C/C=C\CCCC(=O)OC[C@H](CO)OC(=O)CCCCCCCCCCCCCCCCCC(C)C. The van der Waals surface area contributed by atoms with E-state index in [0.717, 1.165) is 50.9 Å². The molecule has 0 amide bonds. The Hall–Kier alpha value is -1.92. The number of carbonyl (C=O) groups is 2. The summed E-state index contributed by atoms with van der Waals surface area (Å²) in [5.74, 6) is 0.194. The first kappa shape index (κ1) is 46.1. The first-order valence-electron chi connectivity index (χ1n) is 21.0. The van der Waals surface area contributed by atoms with Crippen LogP contribution in [0.5, 0.6) is 0 Å². The fourth-order valence-electron chi connectivity index (χ4n) is 6.24. The molecule has 3 atom stereocenters. The molecular weight excluding hydrogens is 624 g/mol. The van der Waals surface area contributed by atoms with Gasteiger partial charge in [0.1, 0.15) is 6.61 Å². The summed E-state index contributed by atoms with van der Waals surface area (Å²) in [6.45, 7) is 6.42. The highest BCUT2D eigenvalue weighted by atomic mass is 16.6. The summed E-state index contributed by atoms with van der Waals surface area (Å²) in [4.78, 5) is 24.3. The van der Waals surface area contributed by atoms with Gasteiger partial charge in [-0.15, -0.1) is 0 Å². The maximum atomic E-state index is 12.2. The Morgan fingerprint density at radius 2 is 1.18 bits per heavy atom. The highest BCUT2D eigenvalue weighted by molar-refractivity contribution is 5.70. The van der Waals surface area contributed by atoms with Crippen molar-refractivity contribution in [1.29, 1.82) is 0 Å². The van der Waals surface area contributed by atoms with Crippen molar-refractivity contribution in [2.24, 2.45) is 5.92 Å². The summed E-state index contributed by atoms with van der Waals surface area (Å²) in [6, 6.07) is 0. The molecule has 1 aliphatic heterocycles. The minimum Gasteiger partial charge on any atom is -0.462 e. The Balaban J connectivity index is 1.89. The van der Waals surface area contributed by atoms with Crippen LogP contribution in [0.3, 0.4) is 0 Å². The number of rotatable bonds is 36. The second-order valence-electron chi connectivity index (χ2n) is 14.9. The standard InChI is InChI=1S/C44H78O6/c1-4-5-27-33-41-42(50-41)34-29-24-20-16-13-14-17-21-25-30-35-43(46)48-38-40(37-45)49-44(47)36-31-26-22-18-12-10-8-6-7-9-11-15-19-23-28-32-39(2)3/h13,16-17,21,24,29,39-42,45H,4-12,14-15,18-20,22-23,25-28,30-38H2,1-3H3/b16-13-,21-17-,29-24-/t40-,41?,42?/m0/s1. The van der Waals surface area contributed by atoms with Crippen LogP contribution in [0.2, 0.25) is 0 Å². The van der Waals surface area contributed by atoms with Crippen LogP contribution in [0.25, 0.3) is 0 Å². The highest BCUT2D eigenvalue weighted by Crippen LogP contribution is 2.30. The lowest BCUT2D eigenvalue weighted by Gasteiger charge is -2.15. The number of aliphatic hydroxyl groups excluding tert-OH is 1. The minimum absolute atomic E-state index is 0.0954. The molecular formula is C44H78O6. The minimum atomic E-state index is -0.794. The van der Waals surface area contributed by atoms with Crippen LogP contribution >= 0.6 is 0 Å². The Morgan fingerprint density at radius 3 is 1.76 bits per heavy atom. The number of unbranched alkanes of at least 4 members (excludes halogenated alkanes) is 17.